The van der Waals surface area contributed by atoms with Gasteiger partial charge in [-0.1, -0.05) is 13.3 Å². The monoisotopic (exact) mass is 212 g/mol. The Morgan fingerprint density at radius 1 is 1.00 bits per heavy atom. The van der Waals surface area contributed by atoms with Crippen LogP contribution in [0.15, 0.2) is 0 Å². The van der Waals surface area contributed by atoms with Crippen LogP contribution in [0.4, 0.5) is 0 Å². The van der Waals surface area contributed by atoms with Crippen molar-refractivity contribution in [2.24, 2.45) is 0 Å². The van der Waals surface area contributed by atoms with Crippen molar-refractivity contribution < 1.29 is 5.11 Å². The molecule has 0 aliphatic carbocycles. The fraction of sp³-hybridized carbons (Fsp3) is 1.00. The summed E-state index contributed by atoms with van der Waals surface area (Å²) in [6.07, 6.45) is 7.71. The first-order valence-corrected chi connectivity index (χ1v) is 6.51. The molecule has 0 aromatic heterocycles. The number of hydrogen-bond donors (Lipinski definition) is 1. The van der Waals surface area contributed by atoms with Crippen LogP contribution in [0.2, 0.25) is 0 Å². The predicted molar refractivity (Wildman–Crippen MR) is 61.4 cm³/mol. The van der Waals surface area contributed by atoms with Crippen LogP contribution in [0.1, 0.15) is 45.4 Å². The Bertz CT molecular complexity index is 198. The number of piperidine rings is 1. The largest absolute Gasteiger partial charge is 0.395 e. The smallest absolute Gasteiger partial charge is 0.0600 e. The lowest BCUT2D eigenvalue weighted by atomic mass is 10.0. The standard InChI is InChI=1S/C12H24N2O/c1-2-11-6-3-4-8-13(11)14-9-5-7-12(14)10-15/h11-12,15H,2-10H2,1H3/t11-,12-/m0/s1. The molecule has 2 atom stereocenters. The predicted octanol–water partition coefficient (Wildman–Crippen LogP) is 1.62. The van der Waals surface area contributed by atoms with Gasteiger partial charge in [-0.25, -0.2) is 10.0 Å². The third-order valence-corrected chi connectivity index (χ3v) is 3.95. The van der Waals surface area contributed by atoms with E-state index in [-0.39, 0.29) is 0 Å². The lowest BCUT2D eigenvalue weighted by molar-refractivity contribution is -0.0972. The Morgan fingerprint density at radius 2 is 1.67 bits per heavy atom. The minimum absolute atomic E-state index is 0.326. The number of aliphatic hydroxyl groups is 1. The molecule has 0 saturated carbocycles. The van der Waals surface area contributed by atoms with Crippen molar-refractivity contribution in [3.63, 3.8) is 0 Å². The average Bonchev–Trinajstić information content (AvgIpc) is 2.76. The van der Waals surface area contributed by atoms with Gasteiger partial charge in [0.2, 0.25) is 0 Å². The quantitative estimate of drug-likeness (QED) is 0.770. The molecule has 3 nitrogen and oxygen atoms in total. The summed E-state index contributed by atoms with van der Waals surface area (Å²) < 4.78 is 0. The number of hydrogen-bond acceptors (Lipinski definition) is 3. The van der Waals surface area contributed by atoms with Crippen molar-refractivity contribution in [3.05, 3.63) is 0 Å². The summed E-state index contributed by atoms with van der Waals surface area (Å²) in [5, 5.41) is 14.4. The van der Waals surface area contributed by atoms with E-state index >= 15 is 0 Å². The van der Waals surface area contributed by atoms with Crippen molar-refractivity contribution in [2.75, 3.05) is 19.7 Å². The van der Waals surface area contributed by atoms with Gasteiger partial charge in [0.05, 0.1) is 6.61 Å². The first-order valence-electron chi connectivity index (χ1n) is 6.51. The molecular formula is C12H24N2O. The highest BCUT2D eigenvalue weighted by Gasteiger charge is 2.33. The van der Waals surface area contributed by atoms with Crippen LogP contribution in [-0.2, 0) is 0 Å². The zero-order valence-electron chi connectivity index (χ0n) is 9.86. The third-order valence-electron chi connectivity index (χ3n) is 3.95. The highest BCUT2D eigenvalue weighted by Crippen LogP contribution is 2.27. The van der Waals surface area contributed by atoms with Gasteiger partial charge in [-0.3, -0.25) is 0 Å². The third kappa shape index (κ3) is 2.35. The highest BCUT2D eigenvalue weighted by atomic mass is 16.3. The summed E-state index contributed by atoms with van der Waals surface area (Å²) in [6.45, 7) is 4.97. The molecule has 2 fully saturated rings. The van der Waals surface area contributed by atoms with E-state index in [9.17, 15) is 5.11 Å². The van der Waals surface area contributed by atoms with Crippen LogP contribution < -0.4 is 0 Å². The van der Waals surface area contributed by atoms with E-state index in [4.69, 9.17) is 0 Å². The second kappa shape index (κ2) is 5.28. The molecule has 2 aliphatic heterocycles. The molecule has 0 spiro atoms. The molecule has 2 saturated heterocycles. The van der Waals surface area contributed by atoms with Crippen LogP contribution in [0.3, 0.4) is 0 Å². The fourth-order valence-electron chi connectivity index (χ4n) is 3.08. The van der Waals surface area contributed by atoms with E-state index in [1.165, 1.54) is 45.1 Å². The van der Waals surface area contributed by atoms with Gasteiger partial charge >= 0.3 is 0 Å². The summed E-state index contributed by atoms with van der Waals surface area (Å²) in [4.78, 5) is 0. The minimum atomic E-state index is 0.326. The van der Waals surface area contributed by atoms with E-state index in [0.29, 0.717) is 12.6 Å². The van der Waals surface area contributed by atoms with E-state index in [2.05, 4.69) is 16.9 Å². The second-order valence-corrected chi connectivity index (χ2v) is 4.86. The SMILES string of the molecule is CC[C@H]1CCCCN1N1CCC[C@H]1CO. The fourth-order valence-corrected chi connectivity index (χ4v) is 3.08. The van der Waals surface area contributed by atoms with Crippen LogP contribution in [0, 0.1) is 0 Å². The van der Waals surface area contributed by atoms with Crippen LogP contribution >= 0.6 is 0 Å². The van der Waals surface area contributed by atoms with Crippen LogP contribution in [0.25, 0.3) is 0 Å². The zero-order chi connectivity index (χ0) is 10.7. The Morgan fingerprint density at radius 3 is 2.40 bits per heavy atom. The number of hydrazine groups is 1. The topological polar surface area (TPSA) is 26.7 Å². The normalized spacial score (nSPS) is 34.8. The molecule has 2 heterocycles. The molecule has 15 heavy (non-hydrogen) atoms. The number of rotatable bonds is 3. The van der Waals surface area contributed by atoms with Gasteiger partial charge in [-0.05, 0) is 32.1 Å². The average molecular weight is 212 g/mol. The lowest BCUT2D eigenvalue weighted by Crippen LogP contribution is -2.53. The molecule has 0 aromatic carbocycles. The summed E-state index contributed by atoms with van der Waals surface area (Å²) >= 11 is 0. The van der Waals surface area contributed by atoms with Crippen molar-refractivity contribution >= 4 is 0 Å². The molecular weight excluding hydrogens is 188 g/mol. The Balaban J connectivity index is 1.99. The Labute approximate surface area is 93.0 Å². The molecule has 88 valence electrons. The number of aliphatic hydroxyl groups excluding tert-OH is 1. The van der Waals surface area contributed by atoms with Crippen molar-refractivity contribution in [2.45, 2.75) is 57.5 Å². The van der Waals surface area contributed by atoms with E-state index in [0.717, 1.165) is 12.6 Å². The van der Waals surface area contributed by atoms with Gasteiger partial charge in [0.1, 0.15) is 0 Å². The maximum atomic E-state index is 9.36. The van der Waals surface area contributed by atoms with Gasteiger partial charge in [0.25, 0.3) is 0 Å². The van der Waals surface area contributed by atoms with E-state index in [1.54, 1.807) is 0 Å². The second-order valence-electron chi connectivity index (χ2n) is 4.86. The first-order chi connectivity index (χ1) is 7.36. The minimum Gasteiger partial charge on any atom is -0.395 e. The van der Waals surface area contributed by atoms with Gasteiger partial charge < -0.3 is 5.11 Å². The maximum Gasteiger partial charge on any atom is 0.0600 e. The summed E-state index contributed by atoms with van der Waals surface area (Å²) in [6, 6.07) is 1.13. The van der Waals surface area contributed by atoms with E-state index < -0.39 is 0 Å². The molecule has 2 aliphatic rings. The summed E-state index contributed by atoms with van der Waals surface area (Å²) in [5.74, 6) is 0. The molecule has 2 rings (SSSR count). The summed E-state index contributed by atoms with van der Waals surface area (Å²) in [7, 11) is 0. The molecule has 0 amide bonds. The maximum absolute atomic E-state index is 9.36. The molecule has 1 N–H and O–H groups in total. The van der Waals surface area contributed by atoms with Crippen molar-refractivity contribution in [3.8, 4) is 0 Å². The van der Waals surface area contributed by atoms with Crippen LogP contribution in [-0.4, -0.2) is 46.9 Å². The molecule has 0 bridgehead atoms. The highest BCUT2D eigenvalue weighted by molar-refractivity contribution is 4.82. The van der Waals surface area contributed by atoms with Gasteiger partial charge in [-0.15, -0.1) is 0 Å². The molecule has 0 aromatic rings. The van der Waals surface area contributed by atoms with Gasteiger partial charge in [0.15, 0.2) is 0 Å². The Kier molecular flexibility index (Phi) is 4.00. The van der Waals surface area contributed by atoms with Crippen molar-refractivity contribution in [1.29, 1.82) is 0 Å². The molecule has 3 heteroatoms. The van der Waals surface area contributed by atoms with Crippen molar-refractivity contribution in [1.82, 2.24) is 10.0 Å². The zero-order valence-corrected chi connectivity index (χ0v) is 9.86. The van der Waals surface area contributed by atoms with E-state index in [1.807, 2.05) is 0 Å². The van der Waals surface area contributed by atoms with Gasteiger partial charge in [0, 0.05) is 25.2 Å². The summed E-state index contributed by atoms with van der Waals surface area (Å²) in [5.41, 5.74) is 0. The first kappa shape index (κ1) is 11.4. The molecule has 0 radical (unpaired) electrons. The van der Waals surface area contributed by atoms with Gasteiger partial charge in [-0.2, -0.15) is 0 Å². The Hall–Kier alpha value is -0.120. The van der Waals surface area contributed by atoms with Crippen LogP contribution in [0.5, 0.6) is 0 Å². The lowest BCUT2D eigenvalue weighted by Gasteiger charge is -2.43. The molecule has 0 unspecified atom stereocenters. The number of nitrogens with zero attached hydrogens (tertiary/aromatic N) is 2.